The number of ether oxygens (including phenoxy) is 1. The first-order chi connectivity index (χ1) is 7.81. The Morgan fingerprint density at radius 3 is 3.06 bits per heavy atom. The maximum absolute atomic E-state index is 5.98. The van der Waals surface area contributed by atoms with Gasteiger partial charge in [-0.1, -0.05) is 6.92 Å². The Labute approximate surface area is 103 Å². The maximum atomic E-state index is 5.98. The summed E-state index contributed by atoms with van der Waals surface area (Å²) < 4.78 is 5.60. The Hall–Kier alpha value is 0.230. The Kier molecular flexibility index (Phi) is 4.95. The van der Waals surface area contributed by atoms with Gasteiger partial charge in [0.15, 0.2) is 0 Å². The van der Waals surface area contributed by atoms with Crippen LogP contribution in [0.15, 0.2) is 0 Å². The third kappa shape index (κ3) is 3.13. The molecule has 2 aliphatic rings. The zero-order valence-electron chi connectivity index (χ0n) is 10.2. The van der Waals surface area contributed by atoms with E-state index in [0.29, 0.717) is 12.0 Å². The first kappa shape index (κ1) is 12.7. The molecule has 2 saturated heterocycles. The summed E-state index contributed by atoms with van der Waals surface area (Å²) in [4.78, 5) is 2.60. The van der Waals surface area contributed by atoms with E-state index in [1.807, 2.05) is 0 Å². The summed E-state index contributed by atoms with van der Waals surface area (Å²) in [5.41, 5.74) is 5.98. The normalized spacial score (nSPS) is 34.9. The van der Waals surface area contributed by atoms with E-state index in [1.165, 1.54) is 31.7 Å². The topological polar surface area (TPSA) is 38.5 Å². The fourth-order valence-electron chi connectivity index (χ4n) is 2.86. The average Bonchev–Trinajstić information content (AvgIpc) is 2.31. The molecule has 0 aromatic carbocycles. The van der Waals surface area contributed by atoms with Gasteiger partial charge < -0.3 is 10.5 Å². The van der Waals surface area contributed by atoms with Gasteiger partial charge in [0, 0.05) is 43.3 Å². The van der Waals surface area contributed by atoms with Crippen LogP contribution in [-0.2, 0) is 4.74 Å². The number of nitrogens with zero attached hydrogens (tertiary/aromatic N) is 1. The number of rotatable bonds is 3. The fourth-order valence-corrected chi connectivity index (χ4v) is 3.89. The van der Waals surface area contributed by atoms with Crippen molar-refractivity contribution < 1.29 is 4.74 Å². The monoisotopic (exact) mass is 244 g/mol. The molecule has 2 rings (SSSR count). The van der Waals surface area contributed by atoms with E-state index in [4.69, 9.17) is 10.5 Å². The second-order valence-electron chi connectivity index (χ2n) is 4.96. The minimum absolute atomic E-state index is 0.545. The maximum Gasteiger partial charge on any atom is 0.0509 e. The molecule has 94 valence electrons. The van der Waals surface area contributed by atoms with Crippen molar-refractivity contribution in [2.24, 2.45) is 11.7 Å². The van der Waals surface area contributed by atoms with Gasteiger partial charge in [0.25, 0.3) is 0 Å². The Bertz CT molecular complexity index is 209. The van der Waals surface area contributed by atoms with Crippen LogP contribution in [0.5, 0.6) is 0 Å². The Balaban J connectivity index is 1.91. The molecular formula is C12H24N2OS. The smallest absolute Gasteiger partial charge is 0.0509 e. The third-order valence-corrected chi connectivity index (χ3v) is 4.86. The zero-order valence-corrected chi connectivity index (χ0v) is 11.0. The fraction of sp³-hybridized carbons (Fsp3) is 1.00. The van der Waals surface area contributed by atoms with Crippen LogP contribution in [0, 0.1) is 5.92 Å². The predicted octanol–water partition coefficient (Wildman–Crippen LogP) is 1.18. The van der Waals surface area contributed by atoms with Crippen molar-refractivity contribution in [1.29, 1.82) is 0 Å². The first-order valence-electron chi connectivity index (χ1n) is 6.44. The van der Waals surface area contributed by atoms with Crippen molar-refractivity contribution >= 4 is 11.8 Å². The highest BCUT2D eigenvalue weighted by atomic mass is 32.2. The van der Waals surface area contributed by atoms with E-state index in [9.17, 15) is 0 Å². The van der Waals surface area contributed by atoms with Gasteiger partial charge >= 0.3 is 0 Å². The number of hydrogen-bond donors (Lipinski definition) is 1. The molecule has 0 bridgehead atoms. The lowest BCUT2D eigenvalue weighted by molar-refractivity contribution is 0.0122. The largest absolute Gasteiger partial charge is 0.381 e. The van der Waals surface area contributed by atoms with Crippen LogP contribution < -0.4 is 5.73 Å². The van der Waals surface area contributed by atoms with Crippen LogP contribution in [0.3, 0.4) is 0 Å². The molecular weight excluding hydrogens is 220 g/mol. The molecule has 2 N–H and O–H groups in total. The summed E-state index contributed by atoms with van der Waals surface area (Å²) in [7, 11) is 0. The molecule has 0 aliphatic carbocycles. The zero-order chi connectivity index (χ0) is 11.4. The van der Waals surface area contributed by atoms with Crippen LogP contribution in [0.1, 0.15) is 19.8 Å². The van der Waals surface area contributed by atoms with Gasteiger partial charge in [0.2, 0.25) is 0 Å². The molecule has 16 heavy (non-hydrogen) atoms. The molecule has 0 aromatic heterocycles. The SMILES string of the molecule is CC1CN(C(CN)C2CCCOC2)CCS1. The van der Waals surface area contributed by atoms with Crippen LogP contribution in [-0.4, -0.2) is 54.8 Å². The van der Waals surface area contributed by atoms with E-state index in [0.717, 1.165) is 25.0 Å². The molecule has 0 aromatic rings. The van der Waals surface area contributed by atoms with E-state index in [1.54, 1.807) is 0 Å². The van der Waals surface area contributed by atoms with E-state index < -0.39 is 0 Å². The lowest BCUT2D eigenvalue weighted by atomic mass is 9.92. The second kappa shape index (κ2) is 6.24. The highest BCUT2D eigenvalue weighted by Crippen LogP contribution is 2.25. The summed E-state index contributed by atoms with van der Waals surface area (Å²) in [6, 6.07) is 0.545. The summed E-state index contributed by atoms with van der Waals surface area (Å²) in [6.45, 7) is 7.36. The number of thioether (sulfide) groups is 1. The average molecular weight is 244 g/mol. The molecule has 4 heteroatoms. The molecule has 0 amide bonds. The van der Waals surface area contributed by atoms with Crippen LogP contribution >= 0.6 is 11.8 Å². The van der Waals surface area contributed by atoms with Gasteiger partial charge in [-0.25, -0.2) is 0 Å². The van der Waals surface area contributed by atoms with Crippen molar-refractivity contribution in [3.63, 3.8) is 0 Å². The molecule has 2 heterocycles. The first-order valence-corrected chi connectivity index (χ1v) is 7.49. The van der Waals surface area contributed by atoms with Gasteiger partial charge in [-0.2, -0.15) is 11.8 Å². The quantitative estimate of drug-likeness (QED) is 0.809. The highest BCUT2D eigenvalue weighted by Gasteiger charge is 2.30. The van der Waals surface area contributed by atoms with Gasteiger partial charge in [-0.05, 0) is 18.8 Å². The van der Waals surface area contributed by atoms with E-state index in [2.05, 4.69) is 23.6 Å². The molecule has 3 nitrogen and oxygen atoms in total. The van der Waals surface area contributed by atoms with Crippen molar-refractivity contribution in [2.45, 2.75) is 31.1 Å². The second-order valence-corrected chi connectivity index (χ2v) is 6.50. The Morgan fingerprint density at radius 2 is 2.44 bits per heavy atom. The lowest BCUT2D eigenvalue weighted by Crippen LogP contribution is -2.52. The molecule has 2 aliphatic heterocycles. The van der Waals surface area contributed by atoms with Crippen LogP contribution in [0.2, 0.25) is 0 Å². The minimum atomic E-state index is 0.545. The summed E-state index contributed by atoms with van der Waals surface area (Å²) >= 11 is 2.08. The van der Waals surface area contributed by atoms with Gasteiger partial charge in [-0.15, -0.1) is 0 Å². The lowest BCUT2D eigenvalue weighted by Gasteiger charge is -2.41. The van der Waals surface area contributed by atoms with Crippen LogP contribution in [0.25, 0.3) is 0 Å². The number of hydrogen-bond acceptors (Lipinski definition) is 4. The molecule has 3 unspecified atom stereocenters. The third-order valence-electron chi connectivity index (χ3n) is 3.72. The molecule has 3 atom stereocenters. The van der Waals surface area contributed by atoms with E-state index in [-0.39, 0.29) is 0 Å². The van der Waals surface area contributed by atoms with Gasteiger partial charge in [0.1, 0.15) is 0 Å². The summed E-state index contributed by atoms with van der Waals surface area (Å²) in [5.74, 6) is 1.92. The summed E-state index contributed by atoms with van der Waals surface area (Å²) in [5, 5.41) is 0.757. The molecule has 0 saturated carbocycles. The molecule has 0 radical (unpaired) electrons. The number of nitrogens with two attached hydrogens (primary N) is 1. The van der Waals surface area contributed by atoms with Crippen LogP contribution in [0.4, 0.5) is 0 Å². The van der Waals surface area contributed by atoms with Gasteiger partial charge in [-0.3, -0.25) is 4.90 Å². The van der Waals surface area contributed by atoms with Crippen molar-refractivity contribution in [1.82, 2.24) is 4.90 Å². The highest BCUT2D eigenvalue weighted by molar-refractivity contribution is 7.99. The predicted molar refractivity (Wildman–Crippen MR) is 69.9 cm³/mol. The van der Waals surface area contributed by atoms with E-state index >= 15 is 0 Å². The van der Waals surface area contributed by atoms with Crippen molar-refractivity contribution in [3.8, 4) is 0 Å². The standard InChI is InChI=1S/C12H24N2OS/c1-10-8-14(4-6-16-10)12(7-13)11-3-2-5-15-9-11/h10-12H,2-9,13H2,1H3. The van der Waals surface area contributed by atoms with Crippen molar-refractivity contribution in [3.05, 3.63) is 0 Å². The van der Waals surface area contributed by atoms with Crippen molar-refractivity contribution in [2.75, 3.05) is 38.6 Å². The Morgan fingerprint density at radius 1 is 1.56 bits per heavy atom. The minimum Gasteiger partial charge on any atom is -0.381 e. The molecule has 2 fully saturated rings. The van der Waals surface area contributed by atoms with Gasteiger partial charge in [0.05, 0.1) is 6.61 Å². The summed E-state index contributed by atoms with van der Waals surface area (Å²) in [6.07, 6.45) is 2.50. The molecule has 0 spiro atoms.